The topological polar surface area (TPSA) is 152 Å². The van der Waals surface area contributed by atoms with Crippen LogP contribution in [0.2, 0.25) is 5.02 Å². The Labute approximate surface area is 393 Å². The number of amides is 3. The molecule has 16 heteroatoms. The Balaban J connectivity index is 0.718. The van der Waals surface area contributed by atoms with Gasteiger partial charge in [0.25, 0.3) is 5.91 Å². The van der Waals surface area contributed by atoms with E-state index in [0.717, 1.165) is 106 Å². The van der Waals surface area contributed by atoms with Crippen LogP contribution in [0.15, 0.2) is 66.9 Å². The van der Waals surface area contributed by atoms with Gasteiger partial charge in [0.05, 0.1) is 24.7 Å². The van der Waals surface area contributed by atoms with Crippen LogP contribution in [0.3, 0.4) is 0 Å². The molecule has 4 aromatic rings. The van der Waals surface area contributed by atoms with Gasteiger partial charge in [-0.3, -0.25) is 24.6 Å². The number of para-hydroxylation sites is 1. The maximum absolute atomic E-state index is 13.1. The van der Waals surface area contributed by atoms with Crippen molar-refractivity contribution in [3.05, 3.63) is 88.6 Å². The largest absolute Gasteiger partial charge is 0.494 e. The molecule has 0 saturated carbocycles. The van der Waals surface area contributed by atoms with Crippen molar-refractivity contribution in [2.45, 2.75) is 82.8 Å². The number of carbonyl (C=O) groups is 3. The lowest BCUT2D eigenvalue weighted by molar-refractivity contribution is -0.136. The molecule has 14 nitrogen and oxygen atoms in total. The average molecular weight is 935 g/mol. The molecule has 0 aliphatic carbocycles. The molecule has 0 bridgehead atoms. The summed E-state index contributed by atoms with van der Waals surface area (Å²) in [5, 5.41) is 10.0. The van der Waals surface area contributed by atoms with E-state index in [1.807, 2.05) is 42.5 Å². The number of imide groups is 1. The molecule has 3 fully saturated rings. The first-order chi connectivity index (χ1) is 31.9. The first-order valence-corrected chi connectivity index (χ1v) is 26.3. The Kier molecular flexibility index (Phi) is 15.3. The van der Waals surface area contributed by atoms with Crippen molar-refractivity contribution in [2.24, 2.45) is 0 Å². The van der Waals surface area contributed by atoms with Gasteiger partial charge in [-0.25, -0.2) is 4.98 Å². The van der Waals surface area contributed by atoms with Crippen molar-refractivity contribution in [2.75, 3.05) is 81.8 Å². The highest BCUT2D eigenvalue weighted by atomic mass is 35.5. The molecule has 0 radical (unpaired) electrons. The van der Waals surface area contributed by atoms with Crippen LogP contribution in [-0.4, -0.2) is 121 Å². The number of nitrogens with one attached hydrogen (secondary N) is 3. The van der Waals surface area contributed by atoms with Gasteiger partial charge in [0, 0.05) is 92.9 Å². The summed E-state index contributed by atoms with van der Waals surface area (Å²) in [4.78, 5) is 55.6. The first kappa shape index (κ1) is 47.1. The minimum atomic E-state index is -2.54. The molecule has 3 amide bonds. The number of anilines is 5. The summed E-state index contributed by atoms with van der Waals surface area (Å²) < 4.78 is 18.8. The van der Waals surface area contributed by atoms with E-state index in [9.17, 15) is 18.9 Å². The number of fused-ring (bicyclic) bond motifs is 1. The molecule has 8 rings (SSSR count). The van der Waals surface area contributed by atoms with E-state index in [4.69, 9.17) is 16.3 Å². The highest BCUT2D eigenvalue weighted by Crippen LogP contribution is 2.39. The van der Waals surface area contributed by atoms with Crippen molar-refractivity contribution in [3.63, 3.8) is 0 Å². The molecule has 4 aliphatic heterocycles. The molecule has 5 heterocycles. The van der Waals surface area contributed by atoms with E-state index in [0.29, 0.717) is 52.8 Å². The summed E-state index contributed by atoms with van der Waals surface area (Å²) in [6.07, 6.45) is 11.1. The zero-order valence-corrected chi connectivity index (χ0v) is 39.9. The molecule has 4 aliphatic rings. The van der Waals surface area contributed by atoms with E-state index in [1.54, 1.807) is 37.6 Å². The number of rotatable bonds is 16. The zero-order chi connectivity index (χ0) is 46.2. The number of unbranched alkanes of at least 4 members (excludes halogenated alkanes) is 5. The second kappa shape index (κ2) is 21.5. The van der Waals surface area contributed by atoms with E-state index >= 15 is 0 Å². The third kappa shape index (κ3) is 11.4. The molecule has 66 heavy (non-hydrogen) atoms. The Morgan fingerprint density at radius 3 is 2.42 bits per heavy atom. The molecule has 1 atom stereocenters. The fourth-order valence-corrected chi connectivity index (χ4v) is 10.9. The Bertz CT molecular complexity index is 2520. The Hall–Kier alpha value is -5.45. The Morgan fingerprint density at radius 2 is 1.65 bits per heavy atom. The van der Waals surface area contributed by atoms with Crippen LogP contribution in [0, 0.1) is 11.8 Å². The molecule has 1 aromatic heterocycles. The molecular weight excluding hydrogens is 873 g/mol. The number of carbonyl (C=O) groups excluding carboxylic acids is 3. The SMILES string of the molecule is COc1cc(N2CCC(N3CCN(CCCCCCCC#Cc4cccc5c4CN(C4CCC(=O)NC4=O)C5=O)CC3)CC2)ccc1Nc1ncc(Cl)c(Nc2ccccc2P(C)(C)=O)n1. The van der Waals surface area contributed by atoms with E-state index < -0.39 is 19.1 Å². The van der Waals surface area contributed by atoms with Gasteiger partial charge in [-0.05, 0) is 93.9 Å². The minimum Gasteiger partial charge on any atom is -0.494 e. The number of ether oxygens (including phenoxy) is 1. The third-order valence-corrected chi connectivity index (χ3v) is 15.1. The van der Waals surface area contributed by atoms with E-state index in [-0.39, 0.29) is 18.2 Å². The summed E-state index contributed by atoms with van der Waals surface area (Å²) in [6.45, 7) is 11.5. The Morgan fingerprint density at radius 1 is 0.879 bits per heavy atom. The summed E-state index contributed by atoms with van der Waals surface area (Å²) in [7, 11) is -0.873. The van der Waals surface area contributed by atoms with Gasteiger partial charge in [0.1, 0.15) is 24.0 Å². The van der Waals surface area contributed by atoms with Crippen molar-refractivity contribution in [1.29, 1.82) is 0 Å². The number of nitrogens with zero attached hydrogens (tertiary/aromatic N) is 6. The number of piperazine rings is 1. The third-order valence-electron chi connectivity index (χ3n) is 13.2. The quantitative estimate of drug-likeness (QED) is 0.0439. The highest BCUT2D eigenvalue weighted by Gasteiger charge is 2.39. The molecule has 3 N–H and O–H groups in total. The fourth-order valence-electron chi connectivity index (χ4n) is 9.57. The van der Waals surface area contributed by atoms with Crippen LogP contribution in [0.5, 0.6) is 5.75 Å². The molecular formula is C50H61ClN9O5P. The number of benzene rings is 3. The standard InChI is InChI=1S/C50H61ClN9O5P/c1-65-44-32-37(19-20-41(44)54-50-52-33-40(51)47(56-50)53-42-17-10-11-18-45(42)66(2,3)64)58-26-23-36(24-27-58)59-30-28-57(29-31-59)25-12-8-6-4-5-7-9-14-35-15-13-16-38-39(35)34-60(49(38)63)43-21-22-46(61)55-48(43)62/h10-11,13,15-20,32-33,36,43H,4-8,12,21-31,34H2,1-3H3,(H,55,61,62)(H2,52,53,54,56). The van der Waals surface area contributed by atoms with E-state index in [2.05, 4.69) is 64.6 Å². The van der Waals surface area contributed by atoms with Crippen molar-refractivity contribution in [1.82, 2.24) is 30.0 Å². The lowest BCUT2D eigenvalue weighted by atomic mass is 10.0. The molecule has 348 valence electrons. The molecule has 0 spiro atoms. The monoisotopic (exact) mass is 933 g/mol. The predicted octanol–water partition coefficient (Wildman–Crippen LogP) is 7.61. The van der Waals surface area contributed by atoms with Crippen LogP contribution in [-0.2, 0) is 20.7 Å². The van der Waals surface area contributed by atoms with Crippen LogP contribution < -0.4 is 30.9 Å². The highest BCUT2D eigenvalue weighted by molar-refractivity contribution is 7.70. The van der Waals surface area contributed by atoms with Crippen LogP contribution in [0.25, 0.3) is 0 Å². The number of halogens is 1. The second-order valence-electron chi connectivity index (χ2n) is 18.0. The average Bonchev–Trinajstić information content (AvgIpc) is 3.65. The minimum absolute atomic E-state index is 0.165. The maximum Gasteiger partial charge on any atom is 0.255 e. The molecule has 3 aromatic carbocycles. The fraction of sp³-hybridized carbons (Fsp3) is 0.460. The number of aromatic nitrogens is 2. The normalized spacial score (nSPS) is 18.4. The molecule has 3 saturated heterocycles. The number of hydrogen-bond donors (Lipinski definition) is 3. The van der Waals surface area contributed by atoms with Crippen molar-refractivity contribution in [3.8, 4) is 17.6 Å². The van der Waals surface area contributed by atoms with Gasteiger partial charge in [-0.2, -0.15) is 4.98 Å². The van der Waals surface area contributed by atoms with Crippen LogP contribution in [0.4, 0.5) is 28.8 Å². The summed E-state index contributed by atoms with van der Waals surface area (Å²) in [5.41, 5.74) is 4.90. The number of methoxy groups -OCH3 is 1. The summed E-state index contributed by atoms with van der Waals surface area (Å²) in [5.74, 6) is 7.24. The lowest BCUT2D eigenvalue weighted by Crippen LogP contribution is -2.53. The van der Waals surface area contributed by atoms with Gasteiger partial charge >= 0.3 is 0 Å². The van der Waals surface area contributed by atoms with E-state index in [1.165, 1.54) is 19.3 Å². The van der Waals surface area contributed by atoms with Gasteiger partial charge < -0.3 is 34.6 Å². The summed E-state index contributed by atoms with van der Waals surface area (Å²) in [6, 6.07) is 19.3. The molecule has 1 unspecified atom stereocenters. The van der Waals surface area contributed by atoms with Crippen molar-refractivity contribution >= 4 is 70.6 Å². The number of hydrogen-bond acceptors (Lipinski definition) is 12. The maximum atomic E-state index is 13.1. The van der Waals surface area contributed by atoms with Crippen LogP contribution in [0.1, 0.15) is 85.7 Å². The number of piperidine rings is 2. The smallest absolute Gasteiger partial charge is 0.255 e. The zero-order valence-electron chi connectivity index (χ0n) is 38.3. The first-order valence-electron chi connectivity index (χ1n) is 23.3. The second-order valence-corrected chi connectivity index (χ2v) is 21.6. The summed E-state index contributed by atoms with van der Waals surface area (Å²) >= 11 is 6.49. The lowest BCUT2D eigenvalue weighted by Gasteiger charge is -2.43. The van der Waals surface area contributed by atoms with Gasteiger partial charge in [-0.1, -0.05) is 60.9 Å². The van der Waals surface area contributed by atoms with Crippen molar-refractivity contribution < 1.29 is 23.7 Å². The van der Waals surface area contributed by atoms with Gasteiger partial charge in [-0.15, -0.1) is 0 Å². The van der Waals surface area contributed by atoms with Crippen LogP contribution >= 0.6 is 18.7 Å². The van der Waals surface area contributed by atoms with Gasteiger partial charge in [0.2, 0.25) is 17.8 Å². The van der Waals surface area contributed by atoms with Gasteiger partial charge in [0.15, 0.2) is 5.82 Å². The predicted molar refractivity (Wildman–Crippen MR) is 262 cm³/mol.